The van der Waals surface area contributed by atoms with Gasteiger partial charge in [-0.3, -0.25) is 4.79 Å². The van der Waals surface area contributed by atoms with Gasteiger partial charge in [-0.05, 0) is 49.1 Å². The maximum atomic E-state index is 13.0. The van der Waals surface area contributed by atoms with Crippen LogP contribution in [0.4, 0.5) is 4.39 Å². The van der Waals surface area contributed by atoms with E-state index in [4.69, 9.17) is 0 Å². The number of nitrogens with zero attached hydrogens (tertiary/aromatic N) is 3. The molecule has 1 atom stereocenters. The number of pyridine rings is 1. The number of aromatic nitrogens is 3. The Morgan fingerprint density at radius 2 is 2.08 bits per heavy atom. The number of carbonyl (C=O) groups excluding carboxylic acids is 1. The number of carbonyl (C=O) groups is 1. The lowest BCUT2D eigenvalue weighted by atomic mass is 9.92. The molecule has 1 aromatic carbocycles. The van der Waals surface area contributed by atoms with Crippen LogP contribution < -0.4 is 5.32 Å². The Labute approximate surface area is 150 Å². The highest BCUT2D eigenvalue weighted by molar-refractivity contribution is 5.79. The highest BCUT2D eigenvalue weighted by Crippen LogP contribution is 2.30. The highest BCUT2D eigenvalue weighted by Gasteiger charge is 2.26. The molecule has 0 saturated heterocycles. The van der Waals surface area contributed by atoms with Crippen molar-refractivity contribution in [2.24, 2.45) is 0 Å². The number of benzene rings is 1. The van der Waals surface area contributed by atoms with E-state index in [9.17, 15) is 9.18 Å². The summed E-state index contributed by atoms with van der Waals surface area (Å²) in [6, 6.07) is 11.7. The third-order valence-corrected chi connectivity index (χ3v) is 4.66. The van der Waals surface area contributed by atoms with Gasteiger partial charge in [0, 0.05) is 11.8 Å². The zero-order chi connectivity index (χ0) is 17.9. The summed E-state index contributed by atoms with van der Waals surface area (Å²) in [7, 11) is 0. The number of rotatable bonds is 4. The lowest BCUT2D eigenvalue weighted by Gasteiger charge is -2.24. The zero-order valence-corrected chi connectivity index (χ0v) is 14.2. The van der Waals surface area contributed by atoms with Gasteiger partial charge in [-0.1, -0.05) is 18.2 Å². The Hall–Kier alpha value is -3.02. The van der Waals surface area contributed by atoms with Gasteiger partial charge in [0.2, 0.25) is 5.91 Å². The predicted octanol–water partition coefficient (Wildman–Crippen LogP) is 3.14. The number of amides is 1. The fraction of sp³-hybridized carbons (Fsp3) is 0.250. The monoisotopic (exact) mass is 350 g/mol. The van der Waals surface area contributed by atoms with E-state index in [1.807, 2.05) is 29.1 Å². The van der Waals surface area contributed by atoms with Crippen LogP contribution in [0.15, 0.2) is 54.9 Å². The van der Waals surface area contributed by atoms with Crippen LogP contribution >= 0.6 is 0 Å². The molecule has 0 saturated carbocycles. The van der Waals surface area contributed by atoms with E-state index in [2.05, 4.69) is 15.4 Å². The molecule has 0 aliphatic heterocycles. The first-order valence-corrected chi connectivity index (χ1v) is 8.73. The number of hydrogen-bond donors (Lipinski definition) is 1. The van der Waals surface area contributed by atoms with E-state index in [1.54, 1.807) is 18.3 Å². The number of hydrogen-bond acceptors (Lipinski definition) is 3. The molecule has 1 aliphatic rings. The van der Waals surface area contributed by atoms with Crippen LogP contribution in [-0.2, 0) is 17.6 Å². The summed E-state index contributed by atoms with van der Waals surface area (Å²) in [5, 5.41) is 7.58. The third-order valence-electron chi connectivity index (χ3n) is 4.66. The average Bonchev–Trinajstić information content (AvgIpc) is 3.09. The maximum Gasteiger partial charge on any atom is 0.224 e. The summed E-state index contributed by atoms with van der Waals surface area (Å²) >= 11 is 0. The Morgan fingerprint density at radius 3 is 2.85 bits per heavy atom. The first-order chi connectivity index (χ1) is 12.7. The van der Waals surface area contributed by atoms with Crippen LogP contribution in [-0.4, -0.2) is 20.7 Å². The van der Waals surface area contributed by atoms with Crippen molar-refractivity contribution in [1.29, 1.82) is 0 Å². The quantitative estimate of drug-likeness (QED) is 0.786. The second-order valence-corrected chi connectivity index (χ2v) is 6.46. The Kier molecular flexibility index (Phi) is 4.48. The molecule has 0 fully saturated rings. The molecular weight excluding hydrogens is 331 g/mol. The molecule has 1 amide bonds. The first-order valence-electron chi connectivity index (χ1n) is 8.73. The van der Waals surface area contributed by atoms with Crippen molar-refractivity contribution < 1.29 is 9.18 Å². The second kappa shape index (κ2) is 7.07. The van der Waals surface area contributed by atoms with Gasteiger partial charge in [0.1, 0.15) is 5.82 Å². The molecule has 0 radical (unpaired) electrons. The van der Waals surface area contributed by atoms with E-state index >= 15 is 0 Å². The zero-order valence-electron chi connectivity index (χ0n) is 14.2. The van der Waals surface area contributed by atoms with Crippen molar-refractivity contribution in [2.75, 3.05) is 0 Å². The number of halogens is 1. The molecule has 0 bridgehead atoms. The van der Waals surface area contributed by atoms with E-state index < -0.39 is 0 Å². The molecule has 1 aliphatic carbocycles. The second-order valence-electron chi connectivity index (χ2n) is 6.46. The van der Waals surface area contributed by atoms with Gasteiger partial charge in [-0.2, -0.15) is 5.10 Å². The van der Waals surface area contributed by atoms with Crippen LogP contribution in [0.1, 0.15) is 35.7 Å². The van der Waals surface area contributed by atoms with Crippen LogP contribution in [0.25, 0.3) is 5.82 Å². The van der Waals surface area contributed by atoms with Crippen LogP contribution in [0.2, 0.25) is 0 Å². The largest absolute Gasteiger partial charge is 0.349 e. The summed E-state index contributed by atoms with van der Waals surface area (Å²) in [5.74, 6) is 0.417. The van der Waals surface area contributed by atoms with E-state index in [-0.39, 0.29) is 24.2 Å². The maximum absolute atomic E-state index is 13.0. The molecule has 1 N–H and O–H groups in total. The number of nitrogens with one attached hydrogen (secondary N) is 1. The minimum atomic E-state index is -0.298. The van der Waals surface area contributed by atoms with Crippen LogP contribution in [0, 0.1) is 5.82 Å². The molecule has 4 rings (SSSR count). The fourth-order valence-electron chi connectivity index (χ4n) is 3.42. The van der Waals surface area contributed by atoms with Crippen molar-refractivity contribution in [3.8, 4) is 5.82 Å². The molecule has 2 aromatic heterocycles. The average molecular weight is 350 g/mol. The van der Waals surface area contributed by atoms with Crippen LogP contribution in [0.3, 0.4) is 0 Å². The molecule has 0 spiro atoms. The van der Waals surface area contributed by atoms with Crippen molar-refractivity contribution in [3.63, 3.8) is 0 Å². The minimum absolute atomic E-state index is 0.0517. The lowest BCUT2D eigenvalue weighted by molar-refractivity contribution is -0.121. The van der Waals surface area contributed by atoms with Crippen molar-refractivity contribution in [3.05, 3.63) is 77.5 Å². The van der Waals surface area contributed by atoms with Crippen molar-refractivity contribution in [1.82, 2.24) is 20.1 Å². The van der Waals surface area contributed by atoms with E-state index in [1.165, 1.54) is 12.1 Å². The molecule has 6 heteroatoms. The van der Waals surface area contributed by atoms with Crippen molar-refractivity contribution in [2.45, 2.75) is 31.7 Å². The first kappa shape index (κ1) is 16.4. The van der Waals surface area contributed by atoms with Crippen LogP contribution in [0.5, 0.6) is 0 Å². The molecule has 26 heavy (non-hydrogen) atoms. The predicted molar refractivity (Wildman–Crippen MR) is 95.3 cm³/mol. The Bertz CT molecular complexity index is 905. The highest BCUT2D eigenvalue weighted by atomic mass is 19.1. The molecule has 132 valence electrons. The Balaban J connectivity index is 1.50. The molecule has 1 unspecified atom stereocenters. The topological polar surface area (TPSA) is 59.8 Å². The summed E-state index contributed by atoms with van der Waals surface area (Å²) in [6.07, 6.45) is 6.58. The smallest absolute Gasteiger partial charge is 0.224 e. The van der Waals surface area contributed by atoms with Gasteiger partial charge in [-0.25, -0.2) is 14.1 Å². The molecular formula is C20H19FN4O. The normalized spacial score (nSPS) is 16.1. The summed E-state index contributed by atoms with van der Waals surface area (Å²) in [4.78, 5) is 16.8. The van der Waals surface area contributed by atoms with Gasteiger partial charge in [0.25, 0.3) is 0 Å². The minimum Gasteiger partial charge on any atom is -0.349 e. The SMILES string of the molecule is O=C(Cc1ccc(F)cc1)NC1CCCc2c1cnn2-c1ccccn1. The fourth-order valence-corrected chi connectivity index (χ4v) is 3.42. The standard InChI is InChI=1S/C20H19FN4O/c21-15-9-7-14(8-10-15)12-20(26)24-17-4-3-5-18-16(17)13-23-25(18)19-6-1-2-11-22-19/h1-2,6-11,13,17H,3-5,12H2,(H,24,26). The van der Waals surface area contributed by atoms with Gasteiger partial charge in [0.15, 0.2) is 5.82 Å². The summed E-state index contributed by atoms with van der Waals surface area (Å²) in [5.41, 5.74) is 2.94. The van der Waals surface area contributed by atoms with E-state index in [0.29, 0.717) is 0 Å². The van der Waals surface area contributed by atoms with Gasteiger partial charge in [0.05, 0.1) is 24.4 Å². The number of fused-ring (bicyclic) bond motifs is 1. The van der Waals surface area contributed by atoms with Gasteiger partial charge < -0.3 is 5.32 Å². The third kappa shape index (κ3) is 3.35. The Morgan fingerprint density at radius 1 is 1.23 bits per heavy atom. The molecule has 2 heterocycles. The summed E-state index contributed by atoms with van der Waals surface area (Å²) in [6.45, 7) is 0. The van der Waals surface area contributed by atoms with Crippen molar-refractivity contribution >= 4 is 5.91 Å². The molecule has 3 aromatic rings. The summed E-state index contributed by atoms with van der Waals surface area (Å²) < 4.78 is 14.8. The van der Waals surface area contributed by atoms with Gasteiger partial charge in [-0.15, -0.1) is 0 Å². The molecule has 5 nitrogen and oxygen atoms in total. The lowest BCUT2D eigenvalue weighted by Crippen LogP contribution is -2.32. The van der Waals surface area contributed by atoms with Gasteiger partial charge >= 0.3 is 0 Å². The van der Waals surface area contributed by atoms with E-state index in [0.717, 1.165) is 41.9 Å².